The molecule has 1 aromatic rings. The predicted octanol–water partition coefficient (Wildman–Crippen LogP) is 2.54. The first-order chi connectivity index (χ1) is 10.1. The number of pyridine rings is 1. The van der Waals surface area contributed by atoms with Crippen molar-refractivity contribution in [2.45, 2.75) is 43.9 Å². The summed E-state index contributed by atoms with van der Waals surface area (Å²) >= 11 is 0. The Hall–Kier alpha value is -1.45. The number of sulfonamides is 1. The van der Waals surface area contributed by atoms with Gasteiger partial charge in [0.15, 0.2) is 0 Å². The molecule has 0 amide bonds. The highest BCUT2D eigenvalue weighted by Crippen LogP contribution is 2.25. The fraction of sp³-hybridized carbons (Fsp3) is 0.600. The van der Waals surface area contributed by atoms with Crippen molar-refractivity contribution in [1.82, 2.24) is 9.29 Å². The quantitative estimate of drug-likeness (QED) is 0.856. The van der Waals surface area contributed by atoms with Crippen molar-refractivity contribution in [2.75, 3.05) is 13.1 Å². The summed E-state index contributed by atoms with van der Waals surface area (Å²) in [6.07, 6.45) is 6.54. The van der Waals surface area contributed by atoms with Crippen molar-refractivity contribution in [3.8, 4) is 6.07 Å². The van der Waals surface area contributed by atoms with E-state index in [2.05, 4.69) is 11.9 Å². The zero-order valence-electron chi connectivity index (χ0n) is 12.3. The van der Waals surface area contributed by atoms with Gasteiger partial charge in [-0.25, -0.2) is 13.4 Å². The third-order valence-corrected chi connectivity index (χ3v) is 5.87. The molecule has 0 saturated carbocycles. The molecule has 1 aliphatic rings. The van der Waals surface area contributed by atoms with E-state index in [1.54, 1.807) is 4.31 Å². The first-order valence-electron chi connectivity index (χ1n) is 7.44. The number of nitriles is 1. The molecule has 1 atom stereocenters. The van der Waals surface area contributed by atoms with Crippen LogP contribution in [0.5, 0.6) is 0 Å². The molecule has 1 aliphatic heterocycles. The van der Waals surface area contributed by atoms with E-state index in [4.69, 9.17) is 5.26 Å². The summed E-state index contributed by atoms with van der Waals surface area (Å²) in [5, 5.41) is 8.72. The maximum atomic E-state index is 12.6. The molecule has 6 heteroatoms. The predicted molar refractivity (Wildman–Crippen MR) is 80.0 cm³/mol. The third kappa shape index (κ3) is 3.80. The van der Waals surface area contributed by atoms with Crippen LogP contribution in [0.4, 0.5) is 0 Å². The van der Waals surface area contributed by atoms with Gasteiger partial charge in [-0.2, -0.15) is 9.57 Å². The van der Waals surface area contributed by atoms with Gasteiger partial charge in [0.25, 0.3) is 0 Å². The lowest BCUT2D eigenvalue weighted by Crippen LogP contribution is -2.32. The number of hydrogen-bond acceptors (Lipinski definition) is 4. The lowest BCUT2D eigenvalue weighted by molar-refractivity contribution is 0.400. The monoisotopic (exact) mass is 307 g/mol. The van der Waals surface area contributed by atoms with Gasteiger partial charge in [-0.15, -0.1) is 0 Å². The normalized spacial score (nSPS) is 20.7. The lowest BCUT2D eigenvalue weighted by Gasteiger charge is -2.20. The third-order valence-electron chi connectivity index (χ3n) is 3.99. The molecule has 1 saturated heterocycles. The smallest absolute Gasteiger partial charge is 0.244 e. The van der Waals surface area contributed by atoms with Crippen molar-refractivity contribution < 1.29 is 8.42 Å². The lowest BCUT2D eigenvalue weighted by atomic mass is 9.96. The van der Waals surface area contributed by atoms with Crippen LogP contribution in [0.3, 0.4) is 0 Å². The van der Waals surface area contributed by atoms with Crippen LogP contribution in [-0.2, 0) is 10.0 Å². The molecule has 0 aromatic carbocycles. The molecule has 1 fully saturated rings. The number of hydrogen-bond donors (Lipinski definition) is 0. The zero-order valence-corrected chi connectivity index (χ0v) is 13.1. The highest BCUT2D eigenvalue weighted by Gasteiger charge is 2.27. The summed E-state index contributed by atoms with van der Waals surface area (Å²) in [5.74, 6) is 0.634. The van der Waals surface area contributed by atoms with Crippen LogP contribution in [0.1, 0.15) is 44.7 Å². The fourth-order valence-corrected chi connectivity index (χ4v) is 4.26. The van der Waals surface area contributed by atoms with E-state index in [1.165, 1.54) is 24.8 Å². The van der Waals surface area contributed by atoms with Crippen LogP contribution in [-0.4, -0.2) is 30.8 Å². The summed E-state index contributed by atoms with van der Waals surface area (Å²) in [5.41, 5.74) is 0.229. The molecule has 114 valence electrons. The molecule has 0 spiro atoms. The molecule has 0 bridgehead atoms. The highest BCUT2D eigenvalue weighted by atomic mass is 32.2. The van der Waals surface area contributed by atoms with Gasteiger partial charge in [0.05, 0.1) is 0 Å². The molecule has 2 rings (SSSR count). The minimum absolute atomic E-state index is 0.176. The Kier molecular flexibility index (Phi) is 5.32. The molecular weight excluding hydrogens is 286 g/mol. The molecule has 2 heterocycles. The molecule has 1 aromatic heterocycles. The van der Waals surface area contributed by atoms with Crippen molar-refractivity contribution in [3.05, 3.63) is 24.0 Å². The average Bonchev–Trinajstić information content (AvgIpc) is 2.74. The Morgan fingerprint density at radius 3 is 2.81 bits per heavy atom. The van der Waals surface area contributed by atoms with Gasteiger partial charge in [0.1, 0.15) is 16.7 Å². The SMILES string of the molecule is CCCC1CCCN(S(=O)(=O)c2ccc(C#N)nc2)CC1. The molecular formula is C15H21N3O2S. The highest BCUT2D eigenvalue weighted by molar-refractivity contribution is 7.89. The molecule has 0 N–H and O–H groups in total. The molecule has 0 aliphatic carbocycles. The van der Waals surface area contributed by atoms with Crippen LogP contribution in [0.2, 0.25) is 0 Å². The summed E-state index contributed by atoms with van der Waals surface area (Å²) in [6.45, 7) is 3.32. The van der Waals surface area contributed by atoms with E-state index in [9.17, 15) is 8.42 Å². The minimum Gasteiger partial charge on any atom is -0.244 e. The van der Waals surface area contributed by atoms with Crippen LogP contribution < -0.4 is 0 Å². The van der Waals surface area contributed by atoms with E-state index in [0.717, 1.165) is 25.7 Å². The maximum absolute atomic E-state index is 12.6. The van der Waals surface area contributed by atoms with Gasteiger partial charge in [-0.05, 0) is 37.3 Å². The summed E-state index contributed by atoms with van der Waals surface area (Å²) in [4.78, 5) is 4.04. The van der Waals surface area contributed by atoms with Crippen LogP contribution in [0.25, 0.3) is 0 Å². The largest absolute Gasteiger partial charge is 0.244 e. The topological polar surface area (TPSA) is 74.1 Å². The second kappa shape index (κ2) is 7.01. The van der Waals surface area contributed by atoms with Crippen LogP contribution >= 0.6 is 0 Å². The molecule has 21 heavy (non-hydrogen) atoms. The Balaban J connectivity index is 2.13. The maximum Gasteiger partial charge on any atom is 0.244 e. The Labute approximate surface area is 126 Å². The van der Waals surface area contributed by atoms with Gasteiger partial charge in [0, 0.05) is 19.3 Å². The van der Waals surface area contributed by atoms with E-state index < -0.39 is 10.0 Å². The number of rotatable bonds is 4. The second-order valence-electron chi connectivity index (χ2n) is 5.48. The van der Waals surface area contributed by atoms with E-state index >= 15 is 0 Å². The Morgan fingerprint density at radius 1 is 1.38 bits per heavy atom. The van der Waals surface area contributed by atoms with E-state index in [-0.39, 0.29) is 10.6 Å². The molecule has 0 radical (unpaired) electrons. The molecule has 1 unspecified atom stereocenters. The van der Waals surface area contributed by atoms with Gasteiger partial charge in [0.2, 0.25) is 10.0 Å². The minimum atomic E-state index is -3.49. The van der Waals surface area contributed by atoms with Crippen molar-refractivity contribution in [3.63, 3.8) is 0 Å². The first kappa shape index (κ1) is 15.9. The molecule has 5 nitrogen and oxygen atoms in total. The van der Waals surface area contributed by atoms with Crippen molar-refractivity contribution in [1.29, 1.82) is 5.26 Å². The Bertz CT molecular complexity index is 605. The second-order valence-corrected chi connectivity index (χ2v) is 7.42. The average molecular weight is 307 g/mol. The number of nitrogens with zero attached hydrogens (tertiary/aromatic N) is 3. The van der Waals surface area contributed by atoms with Gasteiger partial charge in [-0.1, -0.05) is 19.8 Å². The fourth-order valence-electron chi connectivity index (χ4n) is 2.82. The van der Waals surface area contributed by atoms with Gasteiger partial charge in [-0.3, -0.25) is 0 Å². The van der Waals surface area contributed by atoms with Gasteiger partial charge >= 0.3 is 0 Å². The van der Waals surface area contributed by atoms with Crippen LogP contribution in [0, 0.1) is 17.2 Å². The summed E-state index contributed by atoms with van der Waals surface area (Å²) in [7, 11) is -3.49. The zero-order chi connectivity index (χ0) is 15.3. The Morgan fingerprint density at radius 2 is 2.19 bits per heavy atom. The van der Waals surface area contributed by atoms with E-state index in [1.807, 2.05) is 6.07 Å². The summed E-state index contributed by atoms with van der Waals surface area (Å²) in [6, 6.07) is 4.81. The summed E-state index contributed by atoms with van der Waals surface area (Å²) < 4.78 is 26.8. The number of aromatic nitrogens is 1. The van der Waals surface area contributed by atoms with Crippen LogP contribution in [0.15, 0.2) is 23.2 Å². The van der Waals surface area contributed by atoms with E-state index in [0.29, 0.717) is 19.0 Å². The standard InChI is InChI=1S/C15H21N3O2S/c1-2-4-13-5-3-9-18(10-8-13)21(19,20)15-7-6-14(11-16)17-12-15/h6-7,12-13H,2-5,8-10H2,1H3. The van der Waals surface area contributed by atoms with Gasteiger partial charge < -0.3 is 0 Å². The van der Waals surface area contributed by atoms with Crippen molar-refractivity contribution in [2.24, 2.45) is 5.92 Å². The van der Waals surface area contributed by atoms with Crippen molar-refractivity contribution >= 4 is 10.0 Å². The first-order valence-corrected chi connectivity index (χ1v) is 8.88.